The van der Waals surface area contributed by atoms with E-state index >= 15 is 0 Å². The maximum atomic E-state index is 12.0. The average molecular weight is 327 g/mol. The molecule has 1 N–H and O–H groups in total. The molecule has 126 valence electrons. The Kier molecular flexibility index (Phi) is 4.74. The molecule has 0 aliphatic rings. The van der Waals surface area contributed by atoms with E-state index in [-0.39, 0.29) is 5.91 Å². The Balaban J connectivity index is 1.50. The lowest BCUT2D eigenvalue weighted by molar-refractivity contribution is -0.116. The monoisotopic (exact) mass is 327 g/mol. The molecule has 0 aromatic carbocycles. The Morgan fingerprint density at radius 1 is 1.17 bits per heavy atom. The van der Waals surface area contributed by atoms with E-state index < -0.39 is 0 Å². The number of aromatic nitrogens is 6. The number of nitrogens with one attached hydrogen (secondary N) is 1. The van der Waals surface area contributed by atoms with Gasteiger partial charge in [-0.25, -0.2) is 0 Å². The molecule has 3 rings (SSSR count). The summed E-state index contributed by atoms with van der Waals surface area (Å²) in [4.78, 5) is 12.0. The molecule has 0 fully saturated rings. The highest BCUT2D eigenvalue weighted by molar-refractivity contribution is 5.90. The minimum atomic E-state index is -0.0542. The molecule has 3 heterocycles. The topological polar surface area (TPSA) is 82.6 Å². The van der Waals surface area contributed by atoms with Crippen molar-refractivity contribution < 1.29 is 4.79 Å². The quantitative estimate of drug-likeness (QED) is 0.716. The second-order valence-corrected chi connectivity index (χ2v) is 5.65. The molecular weight excluding hydrogens is 306 g/mol. The Bertz CT molecular complexity index is 814. The van der Waals surface area contributed by atoms with Crippen LogP contribution in [0.5, 0.6) is 0 Å². The zero-order chi connectivity index (χ0) is 16.9. The number of carbonyl (C=O) groups excluding carboxylic acids is 1. The van der Waals surface area contributed by atoms with Gasteiger partial charge in [-0.2, -0.15) is 15.3 Å². The molecular formula is C16H21N7O. The molecule has 0 radical (unpaired) electrons. The van der Waals surface area contributed by atoms with Gasteiger partial charge in [-0.1, -0.05) is 0 Å². The van der Waals surface area contributed by atoms with Crippen LogP contribution in [0, 0.1) is 6.92 Å². The van der Waals surface area contributed by atoms with Crippen molar-refractivity contribution in [3.8, 4) is 0 Å². The highest BCUT2D eigenvalue weighted by Gasteiger charge is 2.06. The summed E-state index contributed by atoms with van der Waals surface area (Å²) >= 11 is 0. The van der Waals surface area contributed by atoms with E-state index in [0.717, 1.165) is 17.8 Å². The third-order valence-corrected chi connectivity index (χ3v) is 3.61. The van der Waals surface area contributed by atoms with Crippen LogP contribution in [0.1, 0.15) is 24.6 Å². The fraction of sp³-hybridized carbons (Fsp3) is 0.375. The molecule has 8 nitrogen and oxygen atoms in total. The van der Waals surface area contributed by atoms with Gasteiger partial charge in [0.15, 0.2) is 0 Å². The van der Waals surface area contributed by atoms with Crippen LogP contribution in [-0.2, 0) is 24.4 Å². The van der Waals surface area contributed by atoms with Crippen molar-refractivity contribution in [1.82, 2.24) is 29.3 Å². The van der Waals surface area contributed by atoms with Gasteiger partial charge in [0, 0.05) is 43.7 Å². The van der Waals surface area contributed by atoms with Gasteiger partial charge in [-0.05, 0) is 19.9 Å². The van der Waals surface area contributed by atoms with Gasteiger partial charge in [0.05, 0.1) is 30.3 Å². The van der Waals surface area contributed by atoms with E-state index in [1.807, 2.05) is 49.4 Å². The summed E-state index contributed by atoms with van der Waals surface area (Å²) in [7, 11) is 0. The minimum Gasteiger partial charge on any atom is -0.323 e. The number of hydrogen-bond acceptors (Lipinski definition) is 4. The van der Waals surface area contributed by atoms with Crippen molar-refractivity contribution in [3.63, 3.8) is 0 Å². The zero-order valence-electron chi connectivity index (χ0n) is 13.9. The highest BCUT2D eigenvalue weighted by atomic mass is 16.1. The largest absolute Gasteiger partial charge is 0.323 e. The fourth-order valence-electron chi connectivity index (χ4n) is 2.39. The predicted octanol–water partition coefficient (Wildman–Crippen LogP) is 1.68. The molecule has 0 aliphatic carbocycles. The van der Waals surface area contributed by atoms with E-state index in [0.29, 0.717) is 25.2 Å². The molecule has 0 unspecified atom stereocenters. The van der Waals surface area contributed by atoms with Crippen molar-refractivity contribution >= 4 is 11.6 Å². The lowest BCUT2D eigenvalue weighted by atomic mass is 10.3. The zero-order valence-corrected chi connectivity index (χ0v) is 13.9. The predicted molar refractivity (Wildman–Crippen MR) is 89.4 cm³/mol. The molecule has 0 atom stereocenters. The third-order valence-electron chi connectivity index (χ3n) is 3.61. The lowest BCUT2D eigenvalue weighted by Crippen LogP contribution is -2.14. The molecule has 0 spiro atoms. The Morgan fingerprint density at radius 2 is 2.00 bits per heavy atom. The standard InChI is InChI=1S/C16H21N7O/c1-3-21-10-14(8-17-21)11-23-12-15(9-18-23)19-16(24)5-7-22-6-4-13(2)20-22/h4,6,8-10,12H,3,5,7,11H2,1-2H3,(H,19,24). The molecule has 3 aromatic heterocycles. The Labute approximate surface area is 140 Å². The number of hydrogen-bond donors (Lipinski definition) is 1. The smallest absolute Gasteiger partial charge is 0.226 e. The Morgan fingerprint density at radius 3 is 2.71 bits per heavy atom. The second-order valence-electron chi connectivity index (χ2n) is 5.65. The van der Waals surface area contributed by atoms with E-state index in [1.54, 1.807) is 15.6 Å². The van der Waals surface area contributed by atoms with Crippen LogP contribution in [0.4, 0.5) is 5.69 Å². The summed E-state index contributed by atoms with van der Waals surface area (Å²) in [6.45, 7) is 6.00. The van der Waals surface area contributed by atoms with Gasteiger partial charge < -0.3 is 5.32 Å². The van der Waals surface area contributed by atoms with Crippen molar-refractivity contribution in [2.75, 3.05) is 5.32 Å². The first-order valence-corrected chi connectivity index (χ1v) is 7.96. The van der Waals surface area contributed by atoms with E-state index in [9.17, 15) is 4.79 Å². The van der Waals surface area contributed by atoms with Gasteiger partial charge in [-0.3, -0.25) is 18.8 Å². The third kappa shape index (κ3) is 4.09. The van der Waals surface area contributed by atoms with Crippen LogP contribution >= 0.6 is 0 Å². The van der Waals surface area contributed by atoms with Crippen molar-refractivity contribution in [2.45, 2.75) is 39.9 Å². The van der Waals surface area contributed by atoms with Gasteiger partial charge in [0.25, 0.3) is 0 Å². The number of anilines is 1. The molecule has 0 aliphatic heterocycles. The molecule has 0 saturated heterocycles. The molecule has 0 bridgehead atoms. The summed E-state index contributed by atoms with van der Waals surface area (Å²) in [5.41, 5.74) is 2.72. The van der Waals surface area contributed by atoms with Crippen molar-refractivity contribution in [2.24, 2.45) is 0 Å². The van der Waals surface area contributed by atoms with E-state index in [4.69, 9.17) is 0 Å². The van der Waals surface area contributed by atoms with E-state index in [2.05, 4.69) is 20.6 Å². The SMILES string of the molecule is CCn1cc(Cn2cc(NC(=O)CCn3ccc(C)n3)cn2)cn1. The normalized spacial score (nSPS) is 10.9. The summed E-state index contributed by atoms with van der Waals surface area (Å²) < 4.78 is 5.42. The molecule has 24 heavy (non-hydrogen) atoms. The molecule has 3 aromatic rings. The van der Waals surface area contributed by atoms with Gasteiger partial charge in [-0.15, -0.1) is 0 Å². The first-order valence-electron chi connectivity index (χ1n) is 7.96. The summed E-state index contributed by atoms with van der Waals surface area (Å²) in [6, 6.07) is 1.92. The van der Waals surface area contributed by atoms with Gasteiger partial charge in [0.2, 0.25) is 5.91 Å². The summed E-state index contributed by atoms with van der Waals surface area (Å²) in [5, 5.41) is 15.6. The molecule has 1 amide bonds. The highest BCUT2D eigenvalue weighted by Crippen LogP contribution is 2.08. The summed E-state index contributed by atoms with van der Waals surface area (Å²) in [6.07, 6.45) is 9.54. The van der Waals surface area contributed by atoms with Crippen LogP contribution in [0.15, 0.2) is 37.1 Å². The van der Waals surface area contributed by atoms with E-state index in [1.165, 1.54) is 0 Å². The van der Waals surface area contributed by atoms with Crippen LogP contribution in [0.25, 0.3) is 0 Å². The van der Waals surface area contributed by atoms with Gasteiger partial charge in [0.1, 0.15) is 0 Å². The second kappa shape index (κ2) is 7.12. The first kappa shape index (κ1) is 16.0. The number of aryl methyl sites for hydroxylation is 3. The van der Waals surface area contributed by atoms with Crippen LogP contribution in [0.2, 0.25) is 0 Å². The summed E-state index contributed by atoms with van der Waals surface area (Å²) in [5.74, 6) is -0.0542. The fourth-order valence-corrected chi connectivity index (χ4v) is 2.39. The maximum absolute atomic E-state index is 12.0. The number of rotatable bonds is 7. The number of carbonyl (C=O) groups is 1. The van der Waals surface area contributed by atoms with Crippen LogP contribution in [-0.4, -0.2) is 35.2 Å². The molecule has 8 heteroatoms. The average Bonchev–Trinajstić information content (AvgIpc) is 3.28. The number of amides is 1. The number of nitrogens with zero attached hydrogens (tertiary/aromatic N) is 6. The molecule has 0 saturated carbocycles. The minimum absolute atomic E-state index is 0.0542. The lowest BCUT2D eigenvalue weighted by Gasteiger charge is -2.03. The first-order chi connectivity index (χ1) is 11.6. The maximum Gasteiger partial charge on any atom is 0.226 e. The van der Waals surface area contributed by atoms with Crippen LogP contribution in [0.3, 0.4) is 0 Å². The Hall–Kier alpha value is -2.90. The van der Waals surface area contributed by atoms with Crippen LogP contribution < -0.4 is 5.32 Å². The van der Waals surface area contributed by atoms with Gasteiger partial charge >= 0.3 is 0 Å². The van der Waals surface area contributed by atoms with Crippen molar-refractivity contribution in [1.29, 1.82) is 0 Å². The van der Waals surface area contributed by atoms with Crippen molar-refractivity contribution in [3.05, 3.63) is 48.3 Å².